The van der Waals surface area contributed by atoms with Crippen molar-refractivity contribution in [2.24, 2.45) is 0 Å². The highest BCUT2D eigenvalue weighted by molar-refractivity contribution is 6.30. The zero-order chi connectivity index (χ0) is 9.68. The van der Waals surface area contributed by atoms with Gasteiger partial charge in [-0.3, -0.25) is 0 Å². The van der Waals surface area contributed by atoms with Crippen molar-refractivity contribution in [3.05, 3.63) is 40.9 Å². The van der Waals surface area contributed by atoms with Gasteiger partial charge in [-0.15, -0.1) is 0 Å². The molecule has 1 nitrogen and oxygen atoms in total. The van der Waals surface area contributed by atoms with Crippen molar-refractivity contribution >= 4 is 17.3 Å². The quantitative estimate of drug-likeness (QED) is 0.725. The number of benzene rings is 1. The third-order valence-electron chi connectivity index (χ3n) is 1.66. The third kappa shape index (κ3) is 4.00. The van der Waals surface area contributed by atoms with Crippen LogP contribution >= 0.6 is 11.6 Å². The van der Waals surface area contributed by atoms with Gasteiger partial charge in [0.2, 0.25) is 0 Å². The molecule has 1 aromatic carbocycles. The maximum atomic E-state index is 5.76. The number of nitrogens with one attached hydrogen (secondary N) is 1. The van der Waals surface area contributed by atoms with Gasteiger partial charge >= 0.3 is 0 Å². The fourth-order valence-electron chi connectivity index (χ4n) is 0.941. The SMILES string of the molecule is CC(C)=CCNc1ccc(Cl)cc1. The number of hydrogen-bond acceptors (Lipinski definition) is 1. The van der Waals surface area contributed by atoms with E-state index in [1.165, 1.54) is 5.57 Å². The minimum atomic E-state index is 0.771. The highest BCUT2D eigenvalue weighted by atomic mass is 35.5. The smallest absolute Gasteiger partial charge is 0.0407 e. The van der Waals surface area contributed by atoms with E-state index in [0.717, 1.165) is 17.3 Å². The Kier molecular flexibility index (Phi) is 3.84. The molecule has 0 aromatic heterocycles. The lowest BCUT2D eigenvalue weighted by molar-refractivity contribution is 1.26. The summed E-state index contributed by atoms with van der Waals surface area (Å²) in [5.74, 6) is 0. The Morgan fingerprint density at radius 1 is 1.31 bits per heavy atom. The molecular weight excluding hydrogens is 182 g/mol. The number of halogens is 1. The van der Waals surface area contributed by atoms with Crippen LogP contribution in [0.5, 0.6) is 0 Å². The third-order valence-corrected chi connectivity index (χ3v) is 1.91. The van der Waals surface area contributed by atoms with E-state index in [0.29, 0.717) is 0 Å². The molecule has 1 rings (SSSR count). The molecule has 0 saturated heterocycles. The van der Waals surface area contributed by atoms with Crippen LogP contribution in [0.4, 0.5) is 5.69 Å². The molecule has 1 N–H and O–H groups in total. The Balaban J connectivity index is 2.46. The summed E-state index contributed by atoms with van der Waals surface area (Å²) < 4.78 is 0. The lowest BCUT2D eigenvalue weighted by atomic mass is 10.3. The minimum absolute atomic E-state index is 0.771. The molecule has 0 fully saturated rings. The highest BCUT2D eigenvalue weighted by Crippen LogP contribution is 2.12. The summed E-state index contributed by atoms with van der Waals surface area (Å²) >= 11 is 5.76. The molecule has 0 radical (unpaired) electrons. The first kappa shape index (κ1) is 10.1. The van der Waals surface area contributed by atoms with Gasteiger partial charge in [-0.1, -0.05) is 23.3 Å². The van der Waals surface area contributed by atoms with Crippen LogP contribution in [-0.4, -0.2) is 6.54 Å². The van der Waals surface area contributed by atoms with Crippen LogP contribution < -0.4 is 5.32 Å². The van der Waals surface area contributed by atoms with Crippen molar-refractivity contribution in [1.29, 1.82) is 0 Å². The Morgan fingerprint density at radius 2 is 1.92 bits per heavy atom. The summed E-state index contributed by atoms with van der Waals surface area (Å²) in [5, 5.41) is 4.04. The molecule has 0 saturated carbocycles. The predicted molar refractivity (Wildman–Crippen MR) is 59.4 cm³/mol. The summed E-state index contributed by atoms with van der Waals surface area (Å²) in [6.07, 6.45) is 2.15. The molecule has 0 atom stereocenters. The van der Waals surface area contributed by atoms with Gasteiger partial charge in [-0.25, -0.2) is 0 Å². The monoisotopic (exact) mass is 195 g/mol. The second kappa shape index (κ2) is 4.93. The van der Waals surface area contributed by atoms with E-state index in [1.54, 1.807) is 0 Å². The van der Waals surface area contributed by atoms with Gasteiger partial charge in [0.25, 0.3) is 0 Å². The Bertz CT molecular complexity index is 283. The molecule has 0 amide bonds. The number of rotatable bonds is 3. The van der Waals surface area contributed by atoms with E-state index in [1.807, 2.05) is 24.3 Å². The lowest BCUT2D eigenvalue weighted by Gasteiger charge is -2.02. The first-order valence-corrected chi connectivity index (χ1v) is 4.69. The number of hydrogen-bond donors (Lipinski definition) is 1. The molecule has 70 valence electrons. The zero-order valence-electron chi connectivity index (χ0n) is 7.97. The molecule has 0 bridgehead atoms. The molecule has 0 spiro atoms. The lowest BCUT2D eigenvalue weighted by Crippen LogP contribution is -1.97. The average Bonchev–Trinajstić information content (AvgIpc) is 2.08. The molecule has 1 aromatic rings. The second-order valence-corrected chi connectivity index (χ2v) is 3.61. The van der Waals surface area contributed by atoms with E-state index < -0.39 is 0 Å². The number of allylic oxidation sites excluding steroid dienone is 1. The first-order chi connectivity index (χ1) is 6.18. The largest absolute Gasteiger partial charge is 0.382 e. The van der Waals surface area contributed by atoms with Crippen LogP contribution in [0.3, 0.4) is 0 Å². The van der Waals surface area contributed by atoms with Gasteiger partial charge in [-0.05, 0) is 38.1 Å². The van der Waals surface area contributed by atoms with Crippen molar-refractivity contribution < 1.29 is 0 Å². The number of anilines is 1. The van der Waals surface area contributed by atoms with E-state index >= 15 is 0 Å². The summed E-state index contributed by atoms with van der Waals surface area (Å²) in [5.41, 5.74) is 2.42. The maximum Gasteiger partial charge on any atom is 0.0407 e. The molecule has 0 aliphatic heterocycles. The van der Waals surface area contributed by atoms with E-state index in [4.69, 9.17) is 11.6 Å². The van der Waals surface area contributed by atoms with Gasteiger partial charge in [0.1, 0.15) is 0 Å². The van der Waals surface area contributed by atoms with E-state index in [9.17, 15) is 0 Å². The maximum absolute atomic E-state index is 5.76. The first-order valence-electron chi connectivity index (χ1n) is 4.31. The zero-order valence-corrected chi connectivity index (χ0v) is 8.73. The van der Waals surface area contributed by atoms with Crippen molar-refractivity contribution in [3.8, 4) is 0 Å². The van der Waals surface area contributed by atoms with Gasteiger partial charge < -0.3 is 5.32 Å². The topological polar surface area (TPSA) is 12.0 Å². The highest BCUT2D eigenvalue weighted by Gasteiger charge is 1.89. The Hall–Kier alpha value is -0.950. The van der Waals surface area contributed by atoms with Crippen LogP contribution in [-0.2, 0) is 0 Å². The van der Waals surface area contributed by atoms with Gasteiger partial charge in [0, 0.05) is 17.3 Å². The van der Waals surface area contributed by atoms with E-state index in [2.05, 4.69) is 25.2 Å². The summed E-state index contributed by atoms with van der Waals surface area (Å²) in [4.78, 5) is 0. The van der Waals surface area contributed by atoms with Gasteiger partial charge in [0.15, 0.2) is 0 Å². The molecule has 2 heteroatoms. The molecular formula is C11H14ClN. The molecule has 0 aliphatic carbocycles. The van der Waals surface area contributed by atoms with Crippen LogP contribution in [0.15, 0.2) is 35.9 Å². The normalized spacial score (nSPS) is 9.46. The van der Waals surface area contributed by atoms with Crippen LogP contribution in [0.25, 0.3) is 0 Å². The molecule has 13 heavy (non-hydrogen) atoms. The average molecular weight is 196 g/mol. The van der Waals surface area contributed by atoms with Gasteiger partial charge in [0.05, 0.1) is 0 Å². The second-order valence-electron chi connectivity index (χ2n) is 3.17. The predicted octanol–water partition coefficient (Wildman–Crippen LogP) is 3.72. The molecule has 0 heterocycles. The summed E-state index contributed by atoms with van der Waals surface area (Å²) in [6, 6.07) is 7.71. The van der Waals surface area contributed by atoms with Crippen molar-refractivity contribution in [1.82, 2.24) is 0 Å². The van der Waals surface area contributed by atoms with Crippen molar-refractivity contribution in [2.45, 2.75) is 13.8 Å². The fraction of sp³-hybridized carbons (Fsp3) is 0.273. The van der Waals surface area contributed by atoms with Gasteiger partial charge in [-0.2, -0.15) is 0 Å². The van der Waals surface area contributed by atoms with Crippen molar-refractivity contribution in [3.63, 3.8) is 0 Å². The van der Waals surface area contributed by atoms with Crippen LogP contribution in [0.1, 0.15) is 13.8 Å². The van der Waals surface area contributed by atoms with E-state index in [-0.39, 0.29) is 0 Å². The molecule has 0 aliphatic rings. The summed E-state index contributed by atoms with van der Waals surface area (Å²) in [6.45, 7) is 5.04. The Labute approximate surface area is 84.4 Å². The standard InChI is InChI=1S/C11H14ClN/c1-9(2)7-8-13-11-5-3-10(12)4-6-11/h3-7,13H,8H2,1-2H3. The minimum Gasteiger partial charge on any atom is -0.382 e. The van der Waals surface area contributed by atoms with Crippen LogP contribution in [0, 0.1) is 0 Å². The van der Waals surface area contributed by atoms with Crippen LogP contribution in [0.2, 0.25) is 5.02 Å². The fourth-order valence-corrected chi connectivity index (χ4v) is 1.07. The summed E-state index contributed by atoms with van der Waals surface area (Å²) in [7, 11) is 0. The molecule has 0 unspecified atom stereocenters. The Morgan fingerprint density at radius 3 is 2.46 bits per heavy atom. The van der Waals surface area contributed by atoms with Crippen molar-refractivity contribution in [2.75, 3.05) is 11.9 Å².